The molecule has 5 heteroatoms. The van der Waals surface area contributed by atoms with Gasteiger partial charge in [-0.05, 0) is 33.1 Å². The van der Waals surface area contributed by atoms with Crippen LogP contribution in [0.15, 0.2) is 0 Å². The van der Waals surface area contributed by atoms with Gasteiger partial charge in [0, 0.05) is 19.1 Å². The van der Waals surface area contributed by atoms with Crippen LogP contribution in [0.25, 0.3) is 0 Å². The Bertz CT molecular complexity index is 288. The first-order chi connectivity index (χ1) is 8.54. The fourth-order valence-corrected chi connectivity index (χ4v) is 1.98. The SMILES string of the molecule is CCC(C)NCC(=O)NC(C)C(=O)N1CCCC1. The second kappa shape index (κ2) is 7.36. The minimum Gasteiger partial charge on any atom is -0.343 e. The Hall–Kier alpha value is -1.10. The second-order valence-corrected chi connectivity index (χ2v) is 5.01. The Morgan fingerprint density at radius 1 is 1.22 bits per heavy atom. The van der Waals surface area contributed by atoms with Gasteiger partial charge in [-0.15, -0.1) is 0 Å². The van der Waals surface area contributed by atoms with Crippen molar-refractivity contribution in [2.75, 3.05) is 19.6 Å². The number of carbonyl (C=O) groups is 2. The lowest BCUT2D eigenvalue weighted by Gasteiger charge is -2.21. The van der Waals surface area contributed by atoms with E-state index in [2.05, 4.69) is 17.6 Å². The van der Waals surface area contributed by atoms with Gasteiger partial charge in [0.25, 0.3) is 0 Å². The molecule has 0 saturated carbocycles. The highest BCUT2D eigenvalue weighted by Gasteiger charge is 2.24. The molecule has 0 radical (unpaired) electrons. The first-order valence-corrected chi connectivity index (χ1v) is 6.86. The molecule has 0 aromatic carbocycles. The molecule has 2 N–H and O–H groups in total. The molecule has 0 aliphatic carbocycles. The maximum Gasteiger partial charge on any atom is 0.244 e. The smallest absolute Gasteiger partial charge is 0.244 e. The van der Waals surface area contributed by atoms with Crippen molar-refractivity contribution in [3.8, 4) is 0 Å². The summed E-state index contributed by atoms with van der Waals surface area (Å²) >= 11 is 0. The molecule has 0 aromatic heterocycles. The number of nitrogens with one attached hydrogen (secondary N) is 2. The van der Waals surface area contributed by atoms with Crippen LogP contribution in [-0.4, -0.2) is 48.4 Å². The van der Waals surface area contributed by atoms with Crippen LogP contribution in [0.3, 0.4) is 0 Å². The van der Waals surface area contributed by atoms with Crippen LogP contribution in [0.4, 0.5) is 0 Å². The molecule has 0 spiro atoms. The van der Waals surface area contributed by atoms with Gasteiger partial charge in [-0.2, -0.15) is 0 Å². The van der Waals surface area contributed by atoms with Crippen LogP contribution in [0.2, 0.25) is 0 Å². The number of hydrogen-bond acceptors (Lipinski definition) is 3. The molecule has 5 nitrogen and oxygen atoms in total. The summed E-state index contributed by atoms with van der Waals surface area (Å²) in [4.78, 5) is 25.4. The van der Waals surface area contributed by atoms with Crippen LogP contribution in [0.5, 0.6) is 0 Å². The summed E-state index contributed by atoms with van der Waals surface area (Å²) in [5.41, 5.74) is 0. The Kier molecular flexibility index (Phi) is 6.12. The Balaban J connectivity index is 2.27. The van der Waals surface area contributed by atoms with Gasteiger partial charge in [0.05, 0.1) is 6.54 Å². The summed E-state index contributed by atoms with van der Waals surface area (Å²) in [6.45, 7) is 7.77. The molecule has 0 bridgehead atoms. The van der Waals surface area contributed by atoms with E-state index in [9.17, 15) is 9.59 Å². The lowest BCUT2D eigenvalue weighted by molar-refractivity contribution is -0.134. The Morgan fingerprint density at radius 2 is 1.83 bits per heavy atom. The average molecular weight is 255 g/mol. The molecule has 104 valence electrons. The van der Waals surface area contributed by atoms with Crippen molar-refractivity contribution in [2.45, 2.75) is 52.1 Å². The number of hydrogen-bond donors (Lipinski definition) is 2. The normalized spacial score (nSPS) is 18.5. The third-order valence-electron chi connectivity index (χ3n) is 3.39. The molecular weight excluding hydrogens is 230 g/mol. The zero-order valence-electron chi connectivity index (χ0n) is 11.7. The van der Waals surface area contributed by atoms with Crippen molar-refractivity contribution >= 4 is 11.8 Å². The molecule has 1 rings (SSSR count). The average Bonchev–Trinajstić information content (AvgIpc) is 2.88. The van der Waals surface area contributed by atoms with Crippen LogP contribution in [0.1, 0.15) is 40.0 Å². The van der Waals surface area contributed by atoms with Crippen molar-refractivity contribution in [2.24, 2.45) is 0 Å². The predicted molar refractivity (Wildman–Crippen MR) is 71.2 cm³/mol. The van der Waals surface area contributed by atoms with Crippen molar-refractivity contribution in [3.05, 3.63) is 0 Å². The molecule has 1 saturated heterocycles. The lowest BCUT2D eigenvalue weighted by Crippen LogP contribution is -2.48. The maximum absolute atomic E-state index is 12.0. The van der Waals surface area contributed by atoms with E-state index in [4.69, 9.17) is 0 Å². The van der Waals surface area contributed by atoms with E-state index in [1.165, 1.54) is 0 Å². The molecule has 1 aliphatic heterocycles. The molecule has 2 atom stereocenters. The van der Waals surface area contributed by atoms with Crippen LogP contribution in [-0.2, 0) is 9.59 Å². The molecule has 1 aliphatic rings. The fraction of sp³-hybridized carbons (Fsp3) is 0.846. The van der Waals surface area contributed by atoms with Crippen molar-refractivity contribution in [1.29, 1.82) is 0 Å². The monoisotopic (exact) mass is 255 g/mol. The first-order valence-electron chi connectivity index (χ1n) is 6.86. The maximum atomic E-state index is 12.0. The Labute approximate surface area is 109 Å². The Morgan fingerprint density at radius 3 is 2.39 bits per heavy atom. The van der Waals surface area contributed by atoms with Crippen molar-refractivity contribution < 1.29 is 9.59 Å². The topological polar surface area (TPSA) is 61.4 Å². The predicted octanol–water partition coefficient (Wildman–Crippen LogP) is 0.502. The lowest BCUT2D eigenvalue weighted by atomic mass is 10.2. The number of carbonyl (C=O) groups excluding carboxylic acids is 2. The molecule has 2 amide bonds. The summed E-state index contributed by atoms with van der Waals surface area (Å²) in [6.07, 6.45) is 3.12. The largest absolute Gasteiger partial charge is 0.343 e. The minimum absolute atomic E-state index is 0.0318. The van der Waals surface area contributed by atoms with Gasteiger partial charge in [-0.3, -0.25) is 9.59 Å². The zero-order valence-corrected chi connectivity index (χ0v) is 11.7. The van der Waals surface area contributed by atoms with E-state index in [0.717, 1.165) is 32.4 Å². The highest BCUT2D eigenvalue weighted by molar-refractivity contribution is 5.88. The molecule has 0 aromatic rings. The second-order valence-electron chi connectivity index (χ2n) is 5.01. The van der Waals surface area contributed by atoms with Gasteiger partial charge < -0.3 is 15.5 Å². The third kappa shape index (κ3) is 4.64. The number of nitrogens with zero attached hydrogens (tertiary/aromatic N) is 1. The van der Waals surface area contributed by atoms with E-state index >= 15 is 0 Å². The third-order valence-corrected chi connectivity index (χ3v) is 3.39. The molecule has 2 unspecified atom stereocenters. The highest BCUT2D eigenvalue weighted by Crippen LogP contribution is 2.08. The van der Waals surface area contributed by atoms with Gasteiger partial charge in [0.1, 0.15) is 6.04 Å². The molecule has 1 heterocycles. The number of likely N-dealkylation sites (tertiary alicyclic amines) is 1. The van der Waals surface area contributed by atoms with E-state index in [-0.39, 0.29) is 18.4 Å². The van der Waals surface area contributed by atoms with Gasteiger partial charge in [0.2, 0.25) is 11.8 Å². The van der Waals surface area contributed by atoms with Gasteiger partial charge >= 0.3 is 0 Å². The number of rotatable bonds is 6. The first kappa shape index (κ1) is 15.0. The zero-order chi connectivity index (χ0) is 13.5. The van der Waals surface area contributed by atoms with Crippen molar-refractivity contribution in [3.63, 3.8) is 0 Å². The summed E-state index contributed by atoms with van der Waals surface area (Å²) in [7, 11) is 0. The summed E-state index contributed by atoms with van der Waals surface area (Å²) < 4.78 is 0. The van der Waals surface area contributed by atoms with Gasteiger partial charge in [-0.25, -0.2) is 0 Å². The van der Waals surface area contributed by atoms with E-state index in [0.29, 0.717) is 6.04 Å². The standard InChI is InChI=1S/C13H25N3O2/c1-4-10(2)14-9-12(17)15-11(3)13(18)16-7-5-6-8-16/h10-11,14H,4-9H2,1-3H3,(H,15,17). The van der Waals surface area contributed by atoms with E-state index in [1.54, 1.807) is 6.92 Å². The van der Waals surface area contributed by atoms with Crippen molar-refractivity contribution in [1.82, 2.24) is 15.5 Å². The molecule has 1 fully saturated rings. The summed E-state index contributed by atoms with van der Waals surface area (Å²) in [5, 5.41) is 5.85. The van der Waals surface area contributed by atoms with Gasteiger partial charge in [0.15, 0.2) is 0 Å². The van der Waals surface area contributed by atoms with Gasteiger partial charge in [-0.1, -0.05) is 6.92 Å². The molecular formula is C13H25N3O2. The quantitative estimate of drug-likeness (QED) is 0.726. The van der Waals surface area contributed by atoms with Crippen LogP contribution >= 0.6 is 0 Å². The van der Waals surface area contributed by atoms with E-state index in [1.807, 2.05) is 11.8 Å². The molecule has 18 heavy (non-hydrogen) atoms. The van der Waals surface area contributed by atoms with E-state index < -0.39 is 6.04 Å². The summed E-state index contributed by atoms with van der Waals surface area (Å²) in [6, 6.07) is -0.102. The number of amides is 2. The highest BCUT2D eigenvalue weighted by atomic mass is 16.2. The minimum atomic E-state index is -0.422. The van der Waals surface area contributed by atoms with Crippen LogP contribution < -0.4 is 10.6 Å². The van der Waals surface area contributed by atoms with Crippen LogP contribution in [0, 0.1) is 0 Å². The fourth-order valence-electron chi connectivity index (χ4n) is 1.98. The summed E-state index contributed by atoms with van der Waals surface area (Å²) in [5.74, 6) is -0.0836.